The van der Waals surface area contributed by atoms with Gasteiger partial charge in [-0.15, -0.1) is 0 Å². The maximum absolute atomic E-state index is 12.1. The Bertz CT molecular complexity index is 552. The van der Waals surface area contributed by atoms with E-state index in [2.05, 4.69) is 0 Å². The van der Waals surface area contributed by atoms with Gasteiger partial charge in [0.15, 0.2) is 9.84 Å². The average molecular weight is 272 g/mol. The molecule has 0 radical (unpaired) electrons. The number of hydrogen-bond acceptors (Lipinski definition) is 5. The normalized spacial score (nSPS) is 11.1. The second-order valence-corrected chi connectivity index (χ2v) is 5.91. The fourth-order valence-electron chi connectivity index (χ4n) is 1.28. The van der Waals surface area contributed by atoms with Crippen LogP contribution in [-0.4, -0.2) is 46.2 Å². The summed E-state index contributed by atoms with van der Waals surface area (Å²) in [5, 5.41) is 0. The second kappa shape index (κ2) is 5.26. The highest BCUT2D eigenvalue weighted by Crippen LogP contribution is 2.25. The van der Waals surface area contributed by atoms with E-state index in [-0.39, 0.29) is 10.6 Å². The molecule has 0 aliphatic heterocycles. The largest absolute Gasteiger partial charge is 0.497 e. The lowest BCUT2D eigenvalue weighted by molar-refractivity contribution is -0.125. The number of carbonyl (C=O) groups excluding carboxylic acids is 1. The Hall–Kier alpha value is -1.76. The van der Waals surface area contributed by atoms with Crippen molar-refractivity contribution in [1.82, 2.24) is 4.90 Å². The molecular formula is C11H16N2O4S. The van der Waals surface area contributed by atoms with Crippen LogP contribution in [0.2, 0.25) is 0 Å². The summed E-state index contributed by atoms with van der Waals surface area (Å²) in [5.74, 6) is -0.741. The molecule has 1 aromatic rings. The molecule has 1 aromatic carbocycles. The average Bonchev–Trinajstić information content (AvgIpc) is 2.28. The number of methoxy groups -OCH3 is 1. The summed E-state index contributed by atoms with van der Waals surface area (Å²) in [6, 6.07) is 4.31. The predicted octanol–water partition coefficient (Wildman–Crippen LogP) is 0.139. The van der Waals surface area contributed by atoms with Crippen molar-refractivity contribution in [3.05, 3.63) is 18.2 Å². The quantitative estimate of drug-likeness (QED) is 0.787. The van der Waals surface area contributed by atoms with Crippen molar-refractivity contribution >= 4 is 21.4 Å². The molecule has 0 saturated carbocycles. The van der Waals surface area contributed by atoms with Gasteiger partial charge < -0.3 is 15.4 Å². The summed E-state index contributed by atoms with van der Waals surface area (Å²) < 4.78 is 29.0. The molecule has 100 valence electrons. The minimum atomic E-state index is -3.76. The lowest BCUT2D eigenvalue weighted by Crippen LogP contribution is -2.29. The predicted molar refractivity (Wildman–Crippen MR) is 68.2 cm³/mol. The van der Waals surface area contributed by atoms with Gasteiger partial charge in [0.2, 0.25) is 5.91 Å². The van der Waals surface area contributed by atoms with Crippen LogP contribution in [-0.2, 0) is 14.6 Å². The van der Waals surface area contributed by atoms with Crippen molar-refractivity contribution < 1.29 is 17.9 Å². The van der Waals surface area contributed by atoms with E-state index in [4.69, 9.17) is 10.5 Å². The first-order chi connectivity index (χ1) is 8.27. The lowest BCUT2D eigenvalue weighted by atomic mass is 10.3. The van der Waals surface area contributed by atoms with E-state index in [1.165, 1.54) is 38.2 Å². The Morgan fingerprint density at radius 3 is 2.50 bits per heavy atom. The first-order valence-corrected chi connectivity index (χ1v) is 6.79. The molecule has 0 saturated heterocycles. The van der Waals surface area contributed by atoms with E-state index in [1.807, 2.05) is 0 Å². The number of carbonyl (C=O) groups is 1. The summed E-state index contributed by atoms with van der Waals surface area (Å²) in [5.41, 5.74) is 5.72. The zero-order valence-corrected chi connectivity index (χ0v) is 11.3. The van der Waals surface area contributed by atoms with Gasteiger partial charge in [-0.1, -0.05) is 0 Å². The van der Waals surface area contributed by atoms with Crippen molar-refractivity contribution in [2.45, 2.75) is 4.90 Å². The number of sulfone groups is 1. The Kier molecular flexibility index (Phi) is 4.18. The van der Waals surface area contributed by atoms with Crippen molar-refractivity contribution in [2.75, 3.05) is 32.7 Å². The highest BCUT2D eigenvalue weighted by Gasteiger charge is 2.23. The second-order valence-electron chi connectivity index (χ2n) is 3.95. The number of anilines is 1. The van der Waals surface area contributed by atoms with Crippen molar-refractivity contribution in [3.63, 3.8) is 0 Å². The van der Waals surface area contributed by atoms with Crippen molar-refractivity contribution in [3.8, 4) is 5.75 Å². The van der Waals surface area contributed by atoms with Crippen molar-refractivity contribution in [2.24, 2.45) is 0 Å². The van der Waals surface area contributed by atoms with Crippen LogP contribution in [0, 0.1) is 0 Å². The van der Waals surface area contributed by atoms with Gasteiger partial charge in [-0.2, -0.15) is 0 Å². The fourth-order valence-corrected chi connectivity index (χ4v) is 2.74. The van der Waals surface area contributed by atoms with Crippen LogP contribution in [0.4, 0.5) is 5.69 Å². The van der Waals surface area contributed by atoms with Crippen LogP contribution in [0.1, 0.15) is 0 Å². The van der Waals surface area contributed by atoms with E-state index in [9.17, 15) is 13.2 Å². The van der Waals surface area contributed by atoms with Crippen LogP contribution < -0.4 is 10.5 Å². The van der Waals surface area contributed by atoms with Crippen LogP contribution in [0.15, 0.2) is 23.1 Å². The summed E-state index contributed by atoms with van der Waals surface area (Å²) in [6.07, 6.45) is 0. The number of nitrogens with two attached hydrogens (primary N) is 1. The molecule has 0 unspecified atom stereocenters. The maximum Gasteiger partial charge on any atom is 0.237 e. The van der Waals surface area contributed by atoms with Gasteiger partial charge >= 0.3 is 0 Å². The number of rotatable bonds is 4. The highest BCUT2D eigenvalue weighted by molar-refractivity contribution is 7.92. The summed E-state index contributed by atoms with van der Waals surface area (Å²) in [7, 11) is 0.645. The minimum absolute atomic E-state index is 0.0861. The molecule has 7 heteroatoms. The monoisotopic (exact) mass is 272 g/mol. The highest BCUT2D eigenvalue weighted by atomic mass is 32.2. The summed E-state index contributed by atoms with van der Waals surface area (Å²) >= 11 is 0. The molecule has 0 aliphatic rings. The Morgan fingerprint density at radius 2 is 2.00 bits per heavy atom. The molecule has 18 heavy (non-hydrogen) atoms. The summed E-state index contributed by atoms with van der Waals surface area (Å²) in [4.78, 5) is 12.6. The Labute approximate surface area is 106 Å². The van der Waals surface area contributed by atoms with E-state index < -0.39 is 21.5 Å². The van der Waals surface area contributed by atoms with E-state index >= 15 is 0 Å². The number of ether oxygens (including phenoxy) is 1. The molecule has 0 aromatic heterocycles. The van der Waals surface area contributed by atoms with Gasteiger partial charge in [-0.05, 0) is 12.1 Å². The number of nitrogens with zero attached hydrogens (tertiary/aromatic N) is 1. The molecule has 0 spiro atoms. The number of nitrogen functional groups attached to an aromatic ring is 1. The summed E-state index contributed by atoms with van der Waals surface area (Å²) in [6.45, 7) is 0. The minimum Gasteiger partial charge on any atom is -0.497 e. The Morgan fingerprint density at radius 1 is 1.39 bits per heavy atom. The number of amides is 1. The first kappa shape index (κ1) is 14.3. The van der Waals surface area contributed by atoms with E-state index in [0.717, 1.165) is 0 Å². The third-order valence-corrected chi connectivity index (χ3v) is 4.02. The smallest absolute Gasteiger partial charge is 0.237 e. The van der Waals surface area contributed by atoms with E-state index in [1.54, 1.807) is 6.07 Å². The molecule has 0 bridgehead atoms. The lowest BCUT2D eigenvalue weighted by Gasteiger charge is -2.12. The molecule has 0 heterocycles. The van der Waals surface area contributed by atoms with Gasteiger partial charge in [0, 0.05) is 20.2 Å². The van der Waals surface area contributed by atoms with Gasteiger partial charge in [-0.25, -0.2) is 8.42 Å². The standard InChI is InChI=1S/C11H16N2O4S/c1-13(2)11(14)7-18(15,16)10-6-8(17-3)4-5-9(10)12/h4-6H,7,12H2,1-3H3. The third-order valence-electron chi connectivity index (χ3n) is 2.37. The van der Waals surface area contributed by atoms with Crippen LogP contribution in [0.25, 0.3) is 0 Å². The Balaban J connectivity index is 3.16. The maximum atomic E-state index is 12.1. The van der Waals surface area contributed by atoms with Gasteiger partial charge in [-0.3, -0.25) is 4.79 Å². The third kappa shape index (κ3) is 3.13. The molecular weight excluding hydrogens is 256 g/mol. The molecule has 0 aliphatic carbocycles. The zero-order chi connectivity index (χ0) is 13.9. The zero-order valence-electron chi connectivity index (χ0n) is 10.5. The molecule has 0 fully saturated rings. The number of benzene rings is 1. The van der Waals surface area contributed by atoms with Crippen LogP contribution in [0.5, 0.6) is 5.75 Å². The van der Waals surface area contributed by atoms with Crippen LogP contribution in [0.3, 0.4) is 0 Å². The van der Waals surface area contributed by atoms with Gasteiger partial charge in [0.05, 0.1) is 17.7 Å². The first-order valence-electron chi connectivity index (χ1n) is 5.14. The molecule has 1 amide bonds. The van der Waals surface area contributed by atoms with Gasteiger partial charge in [0.25, 0.3) is 0 Å². The van der Waals surface area contributed by atoms with Gasteiger partial charge in [0.1, 0.15) is 11.5 Å². The molecule has 0 atom stereocenters. The van der Waals surface area contributed by atoms with Crippen molar-refractivity contribution in [1.29, 1.82) is 0 Å². The molecule has 1 rings (SSSR count). The molecule has 2 N–H and O–H groups in total. The molecule has 6 nitrogen and oxygen atoms in total. The topological polar surface area (TPSA) is 89.7 Å². The SMILES string of the molecule is COc1ccc(N)c(S(=O)(=O)CC(=O)N(C)C)c1. The van der Waals surface area contributed by atoms with E-state index in [0.29, 0.717) is 5.75 Å². The number of hydrogen-bond donors (Lipinski definition) is 1. The fraction of sp³-hybridized carbons (Fsp3) is 0.364. The van der Waals surface area contributed by atoms with Crippen LogP contribution >= 0.6 is 0 Å².